The number of hydrogen-bond acceptors (Lipinski definition) is 3. The second kappa shape index (κ2) is 4.74. The first-order chi connectivity index (χ1) is 8.18. The zero-order chi connectivity index (χ0) is 12.3. The molecule has 2 N–H and O–H groups in total. The van der Waals surface area contributed by atoms with Crippen molar-refractivity contribution in [3.63, 3.8) is 0 Å². The molecule has 0 bridgehead atoms. The lowest BCUT2D eigenvalue weighted by molar-refractivity contribution is 0.0948. The monoisotopic (exact) mass is 231 g/mol. The standard InChI is InChI=1S/C13H13NO3/c1-9-3-2-4-11(12(9)15)13(16)14-7-10-5-6-17-8-10/h2-6,8,15H,7H2,1H3,(H,14,16). The van der Waals surface area contributed by atoms with Gasteiger partial charge in [0.15, 0.2) is 0 Å². The van der Waals surface area contributed by atoms with Crippen molar-refractivity contribution in [1.82, 2.24) is 5.32 Å². The fraction of sp³-hybridized carbons (Fsp3) is 0.154. The van der Waals surface area contributed by atoms with Crippen LogP contribution in [0.2, 0.25) is 0 Å². The van der Waals surface area contributed by atoms with E-state index in [0.29, 0.717) is 12.1 Å². The number of rotatable bonds is 3. The zero-order valence-corrected chi connectivity index (χ0v) is 9.43. The lowest BCUT2D eigenvalue weighted by Crippen LogP contribution is -2.22. The molecule has 1 aromatic heterocycles. The lowest BCUT2D eigenvalue weighted by Gasteiger charge is -2.07. The normalized spacial score (nSPS) is 10.2. The van der Waals surface area contributed by atoms with E-state index in [4.69, 9.17) is 4.42 Å². The molecule has 0 aliphatic heterocycles. The number of amides is 1. The summed E-state index contributed by atoms with van der Waals surface area (Å²) < 4.78 is 4.89. The average molecular weight is 231 g/mol. The maximum atomic E-state index is 11.8. The highest BCUT2D eigenvalue weighted by atomic mass is 16.3. The number of furan rings is 1. The number of nitrogens with one attached hydrogen (secondary N) is 1. The Balaban J connectivity index is 2.07. The van der Waals surface area contributed by atoms with E-state index in [9.17, 15) is 9.90 Å². The van der Waals surface area contributed by atoms with E-state index in [0.717, 1.165) is 5.56 Å². The van der Waals surface area contributed by atoms with Crippen molar-refractivity contribution >= 4 is 5.91 Å². The fourth-order valence-corrected chi connectivity index (χ4v) is 1.51. The summed E-state index contributed by atoms with van der Waals surface area (Å²) in [4.78, 5) is 11.8. The Kier molecular flexibility index (Phi) is 3.14. The van der Waals surface area contributed by atoms with Gasteiger partial charge in [-0.1, -0.05) is 12.1 Å². The van der Waals surface area contributed by atoms with Crippen LogP contribution in [0.1, 0.15) is 21.5 Å². The highest BCUT2D eigenvalue weighted by Crippen LogP contribution is 2.21. The third-order valence-corrected chi connectivity index (χ3v) is 2.52. The molecule has 0 radical (unpaired) electrons. The van der Waals surface area contributed by atoms with Crippen molar-refractivity contribution < 1.29 is 14.3 Å². The van der Waals surface area contributed by atoms with Crippen LogP contribution >= 0.6 is 0 Å². The van der Waals surface area contributed by atoms with E-state index in [2.05, 4.69) is 5.32 Å². The van der Waals surface area contributed by atoms with Gasteiger partial charge in [0.25, 0.3) is 5.91 Å². The van der Waals surface area contributed by atoms with Crippen molar-refractivity contribution in [3.05, 3.63) is 53.5 Å². The van der Waals surface area contributed by atoms with E-state index in [1.807, 2.05) is 0 Å². The predicted molar refractivity (Wildman–Crippen MR) is 62.7 cm³/mol. The molecule has 88 valence electrons. The van der Waals surface area contributed by atoms with Gasteiger partial charge in [0.05, 0.1) is 18.1 Å². The minimum atomic E-state index is -0.299. The zero-order valence-electron chi connectivity index (χ0n) is 9.43. The Morgan fingerprint density at radius 2 is 2.24 bits per heavy atom. The number of carbonyl (C=O) groups is 1. The second-order valence-electron chi connectivity index (χ2n) is 3.79. The first kappa shape index (κ1) is 11.3. The summed E-state index contributed by atoms with van der Waals surface area (Å²) in [6.45, 7) is 2.13. The third kappa shape index (κ3) is 2.47. The molecule has 2 rings (SSSR count). The molecule has 0 spiro atoms. The number of aromatic hydroxyl groups is 1. The number of carbonyl (C=O) groups excluding carboxylic acids is 1. The third-order valence-electron chi connectivity index (χ3n) is 2.52. The predicted octanol–water partition coefficient (Wildman–Crippen LogP) is 2.22. The Labute approximate surface area is 98.9 Å². The van der Waals surface area contributed by atoms with Crippen LogP contribution < -0.4 is 5.32 Å². The number of phenolic OH excluding ortho intramolecular Hbond substituents is 1. The van der Waals surface area contributed by atoms with Gasteiger partial charge in [0.2, 0.25) is 0 Å². The number of aryl methyl sites for hydroxylation is 1. The van der Waals surface area contributed by atoms with Crippen molar-refractivity contribution in [3.8, 4) is 5.75 Å². The van der Waals surface area contributed by atoms with Crippen LogP contribution in [0.5, 0.6) is 5.75 Å². The van der Waals surface area contributed by atoms with Crippen LogP contribution in [0.15, 0.2) is 41.2 Å². The Bertz CT molecular complexity index is 517. The summed E-state index contributed by atoms with van der Waals surface area (Å²) in [6, 6.07) is 6.85. The summed E-state index contributed by atoms with van der Waals surface area (Å²) in [5, 5.41) is 12.5. The summed E-state index contributed by atoms with van der Waals surface area (Å²) in [7, 11) is 0. The van der Waals surface area contributed by atoms with Gasteiger partial charge in [0.1, 0.15) is 5.75 Å². The van der Waals surface area contributed by atoms with E-state index in [1.165, 1.54) is 0 Å². The van der Waals surface area contributed by atoms with Crippen LogP contribution in [0.3, 0.4) is 0 Å². The Hall–Kier alpha value is -2.23. The smallest absolute Gasteiger partial charge is 0.255 e. The SMILES string of the molecule is Cc1cccc(C(=O)NCc2ccoc2)c1O. The van der Waals surface area contributed by atoms with Crippen LogP contribution in [0.4, 0.5) is 0 Å². The van der Waals surface area contributed by atoms with Crippen LogP contribution in [-0.4, -0.2) is 11.0 Å². The molecule has 1 heterocycles. The van der Waals surface area contributed by atoms with Gasteiger partial charge in [-0.15, -0.1) is 0 Å². The molecule has 1 aromatic carbocycles. The molecular formula is C13H13NO3. The largest absolute Gasteiger partial charge is 0.507 e. The number of hydrogen-bond donors (Lipinski definition) is 2. The summed E-state index contributed by atoms with van der Waals surface area (Å²) in [6.07, 6.45) is 3.11. The van der Waals surface area contributed by atoms with Gasteiger partial charge in [-0.3, -0.25) is 4.79 Å². The van der Waals surface area contributed by atoms with Crippen molar-refractivity contribution in [1.29, 1.82) is 0 Å². The minimum absolute atomic E-state index is 0.0252. The summed E-state index contributed by atoms with van der Waals surface area (Å²) >= 11 is 0. The van der Waals surface area contributed by atoms with Crippen molar-refractivity contribution in [2.24, 2.45) is 0 Å². The Morgan fingerprint density at radius 3 is 2.94 bits per heavy atom. The highest BCUT2D eigenvalue weighted by Gasteiger charge is 2.11. The first-order valence-electron chi connectivity index (χ1n) is 5.26. The first-order valence-corrected chi connectivity index (χ1v) is 5.26. The summed E-state index contributed by atoms with van der Waals surface area (Å²) in [5.74, 6) is -0.274. The fourth-order valence-electron chi connectivity index (χ4n) is 1.51. The molecule has 4 heteroatoms. The van der Waals surface area contributed by atoms with Crippen LogP contribution in [0.25, 0.3) is 0 Å². The van der Waals surface area contributed by atoms with E-state index in [1.54, 1.807) is 43.7 Å². The molecule has 4 nitrogen and oxygen atoms in total. The average Bonchev–Trinajstić information content (AvgIpc) is 2.82. The van der Waals surface area contributed by atoms with E-state index < -0.39 is 0 Å². The number of para-hydroxylation sites is 1. The molecule has 0 saturated heterocycles. The molecule has 1 amide bonds. The van der Waals surface area contributed by atoms with E-state index in [-0.39, 0.29) is 17.2 Å². The molecule has 17 heavy (non-hydrogen) atoms. The maximum Gasteiger partial charge on any atom is 0.255 e. The Morgan fingerprint density at radius 1 is 1.41 bits per heavy atom. The van der Waals surface area contributed by atoms with Gasteiger partial charge in [-0.05, 0) is 24.6 Å². The molecule has 2 aromatic rings. The topological polar surface area (TPSA) is 62.5 Å². The number of phenols is 1. The molecule has 0 unspecified atom stereocenters. The number of benzene rings is 1. The van der Waals surface area contributed by atoms with Gasteiger partial charge in [0, 0.05) is 12.1 Å². The maximum absolute atomic E-state index is 11.8. The van der Waals surface area contributed by atoms with E-state index >= 15 is 0 Å². The molecule has 0 aliphatic rings. The van der Waals surface area contributed by atoms with Gasteiger partial charge < -0.3 is 14.8 Å². The van der Waals surface area contributed by atoms with Gasteiger partial charge in [-0.2, -0.15) is 0 Å². The minimum Gasteiger partial charge on any atom is -0.507 e. The van der Waals surface area contributed by atoms with Crippen molar-refractivity contribution in [2.75, 3.05) is 0 Å². The van der Waals surface area contributed by atoms with Gasteiger partial charge in [-0.25, -0.2) is 0 Å². The highest BCUT2D eigenvalue weighted by molar-refractivity contribution is 5.97. The quantitative estimate of drug-likeness (QED) is 0.851. The lowest BCUT2D eigenvalue weighted by atomic mass is 10.1. The molecule has 0 aliphatic carbocycles. The van der Waals surface area contributed by atoms with Crippen LogP contribution in [-0.2, 0) is 6.54 Å². The van der Waals surface area contributed by atoms with Crippen molar-refractivity contribution in [2.45, 2.75) is 13.5 Å². The second-order valence-corrected chi connectivity index (χ2v) is 3.79. The molecule has 0 saturated carbocycles. The van der Waals surface area contributed by atoms with Crippen LogP contribution in [0, 0.1) is 6.92 Å². The molecule has 0 atom stereocenters. The molecule has 0 fully saturated rings. The summed E-state index contributed by atoms with van der Waals surface area (Å²) in [5.41, 5.74) is 1.85. The molecular weight excluding hydrogens is 218 g/mol. The van der Waals surface area contributed by atoms with Gasteiger partial charge >= 0.3 is 0 Å².